The molecule has 0 amide bonds. The highest BCUT2D eigenvalue weighted by molar-refractivity contribution is 5.78. The Morgan fingerprint density at radius 2 is 1.74 bits per heavy atom. The van der Waals surface area contributed by atoms with Gasteiger partial charge in [0.1, 0.15) is 0 Å². The van der Waals surface area contributed by atoms with Gasteiger partial charge in [-0.15, -0.1) is 0 Å². The molecule has 3 aliphatic heterocycles. The lowest BCUT2D eigenvalue weighted by Gasteiger charge is -2.36. The lowest BCUT2D eigenvalue weighted by molar-refractivity contribution is 0.00365. The van der Waals surface area contributed by atoms with Crippen molar-refractivity contribution in [2.75, 3.05) is 59.2 Å². The van der Waals surface area contributed by atoms with Gasteiger partial charge < -0.3 is 20.1 Å². The van der Waals surface area contributed by atoms with Gasteiger partial charge in [0.25, 0.3) is 0 Å². The van der Waals surface area contributed by atoms with E-state index in [1.165, 1.54) is 25.7 Å². The molecule has 0 aromatic heterocycles. The van der Waals surface area contributed by atoms with Crippen molar-refractivity contribution in [3.8, 4) is 0 Å². The van der Waals surface area contributed by atoms with Crippen LogP contribution >= 0.6 is 0 Å². The highest BCUT2D eigenvalue weighted by Crippen LogP contribution is 2.22. The molecule has 2 atom stereocenters. The van der Waals surface area contributed by atoms with Gasteiger partial charge in [0.2, 0.25) is 0 Å². The van der Waals surface area contributed by atoms with Crippen molar-refractivity contribution in [2.45, 2.75) is 38.1 Å². The maximum Gasteiger partial charge on any atom is 0.191 e. The van der Waals surface area contributed by atoms with Crippen LogP contribution in [0.3, 0.4) is 0 Å². The fraction of sp³-hybridized carbons (Fsp3) is 0.941. The van der Waals surface area contributed by atoms with Crippen molar-refractivity contribution < 1.29 is 9.47 Å². The number of likely N-dealkylation sites (tertiary alicyclic amines) is 1. The standard InChI is InChI=1S/C17H32N4O2/c18-17(21-6-3-1-2-4-7-21)19-13-16(15-5-10-23-14-15)20-8-11-22-12-9-20/h15-16H,1-14H2,(H2,18,19)/t15-,16-/m0/s1. The summed E-state index contributed by atoms with van der Waals surface area (Å²) in [6.45, 7) is 8.31. The topological polar surface area (TPSA) is 63.3 Å². The minimum atomic E-state index is 0.437. The van der Waals surface area contributed by atoms with E-state index in [1.54, 1.807) is 0 Å². The second-order valence-corrected chi connectivity index (χ2v) is 6.94. The number of hydrogen-bond donors (Lipinski definition) is 1. The summed E-state index contributed by atoms with van der Waals surface area (Å²) in [6, 6.07) is 0.437. The maximum atomic E-state index is 6.30. The average molecular weight is 324 g/mol. The minimum absolute atomic E-state index is 0.437. The van der Waals surface area contributed by atoms with Crippen LogP contribution in [0.15, 0.2) is 4.99 Å². The van der Waals surface area contributed by atoms with Crippen LogP contribution in [0.5, 0.6) is 0 Å². The Hall–Kier alpha value is -0.850. The van der Waals surface area contributed by atoms with Gasteiger partial charge in [-0.3, -0.25) is 9.89 Å². The zero-order valence-corrected chi connectivity index (χ0v) is 14.3. The van der Waals surface area contributed by atoms with E-state index >= 15 is 0 Å². The van der Waals surface area contributed by atoms with E-state index in [9.17, 15) is 0 Å². The summed E-state index contributed by atoms with van der Waals surface area (Å²) in [7, 11) is 0. The minimum Gasteiger partial charge on any atom is -0.381 e. The van der Waals surface area contributed by atoms with Crippen molar-refractivity contribution >= 4 is 5.96 Å². The number of aliphatic imine (C=N–C) groups is 1. The summed E-state index contributed by atoms with van der Waals surface area (Å²) in [5, 5.41) is 0. The van der Waals surface area contributed by atoms with Crippen LogP contribution < -0.4 is 5.73 Å². The molecular weight excluding hydrogens is 292 g/mol. The molecule has 0 saturated carbocycles. The molecule has 3 saturated heterocycles. The molecule has 0 radical (unpaired) electrons. The molecule has 2 N–H and O–H groups in total. The molecule has 0 aromatic carbocycles. The molecule has 3 heterocycles. The number of nitrogens with zero attached hydrogens (tertiary/aromatic N) is 3. The van der Waals surface area contributed by atoms with E-state index in [1.807, 2.05) is 0 Å². The second-order valence-electron chi connectivity index (χ2n) is 6.94. The summed E-state index contributed by atoms with van der Waals surface area (Å²) in [4.78, 5) is 9.59. The third-order valence-corrected chi connectivity index (χ3v) is 5.39. The lowest BCUT2D eigenvalue weighted by atomic mass is 9.97. The molecule has 0 bridgehead atoms. The Balaban J connectivity index is 1.60. The Morgan fingerprint density at radius 1 is 1.00 bits per heavy atom. The van der Waals surface area contributed by atoms with Crippen LogP contribution in [-0.4, -0.2) is 81.0 Å². The van der Waals surface area contributed by atoms with Gasteiger partial charge in [0, 0.05) is 44.7 Å². The first kappa shape index (κ1) is 17.0. The fourth-order valence-corrected chi connectivity index (χ4v) is 3.91. The molecule has 23 heavy (non-hydrogen) atoms. The molecule has 6 nitrogen and oxygen atoms in total. The molecule has 6 heteroatoms. The average Bonchev–Trinajstić information content (AvgIpc) is 2.97. The quantitative estimate of drug-likeness (QED) is 0.615. The molecular formula is C17H32N4O2. The number of nitrogens with two attached hydrogens (primary N) is 1. The van der Waals surface area contributed by atoms with Gasteiger partial charge in [-0.1, -0.05) is 12.8 Å². The Kier molecular flexibility index (Phi) is 6.54. The van der Waals surface area contributed by atoms with Gasteiger partial charge in [-0.05, 0) is 19.3 Å². The van der Waals surface area contributed by atoms with Crippen molar-refractivity contribution in [1.29, 1.82) is 0 Å². The highest BCUT2D eigenvalue weighted by Gasteiger charge is 2.31. The Labute approximate surface area is 140 Å². The zero-order valence-electron chi connectivity index (χ0n) is 14.3. The third kappa shape index (κ3) is 4.81. The summed E-state index contributed by atoms with van der Waals surface area (Å²) >= 11 is 0. The lowest BCUT2D eigenvalue weighted by Crippen LogP contribution is -2.49. The Morgan fingerprint density at radius 3 is 2.39 bits per heavy atom. The summed E-state index contributed by atoms with van der Waals surface area (Å²) in [5.41, 5.74) is 6.30. The van der Waals surface area contributed by atoms with E-state index in [0.717, 1.165) is 71.5 Å². The number of morpholine rings is 1. The van der Waals surface area contributed by atoms with Crippen LogP contribution in [0.25, 0.3) is 0 Å². The summed E-state index contributed by atoms with van der Waals surface area (Å²) in [6.07, 6.45) is 6.25. The monoisotopic (exact) mass is 324 g/mol. The number of hydrogen-bond acceptors (Lipinski definition) is 4. The summed E-state index contributed by atoms with van der Waals surface area (Å²) in [5.74, 6) is 1.32. The first-order valence-electron chi connectivity index (χ1n) is 9.29. The number of guanidine groups is 1. The van der Waals surface area contributed by atoms with Gasteiger partial charge in [0.05, 0.1) is 26.4 Å². The van der Waals surface area contributed by atoms with E-state index in [0.29, 0.717) is 12.0 Å². The van der Waals surface area contributed by atoms with Crippen molar-refractivity contribution in [1.82, 2.24) is 9.80 Å². The molecule has 3 rings (SSSR count). The summed E-state index contributed by atoms with van der Waals surface area (Å²) < 4.78 is 11.1. The Bertz CT molecular complexity index is 371. The van der Waals surface area contributed by atoms with Crippen LogP contribution in [0.2, 0.25) is 0 Å². The normalized spacial score (nSPS) is 29.5. The predicted molar refractivity (Wildman–Crippen MR) is 91.6 cm³/mol. The molecule has 132 valence electrons. The third-order valence-electron chi connectivity index (χ3n) is 5.39. The van der Waals surface area contributed by atoms with Gasteiger partial charge in [-0.2, -0.15) is 0 Å². The van der Waals surface area contributed by atoms with Gasteiger partial charge in [0.15, 0.2) is 5.96 Å². The van der Waals surface area contributed by atoms with Crippen molar-refractivity contribution in [3.05, 3.63) is 0 Å². The largest absolute Gasteiger partial charge is 0.381 e. The van der Waals surface area contributed by atoms with E-state index in [-0.39, 0.29) is 0 Å². The van der Waals surface area contributed by atoms with Crippen molar-refractivity contribution in [2.24, 2.45) is 16.6 Å². The van der Waals surface area contributed by atoms with Gasteiger partial charge in [-0.25, -0.2) is 0 Å². The second kappa shape index (κ2) is 8.85. The molecule has 0 unspecified atom stereocenters. The van der Waals surface area contributed by atoms with Crippen LogP contribution in [0.1, 0.15) is 32.1 Å². The predicted octanol–water partition coefficient (Wildman–Crippen LogP) is 0.914. The molecule has 3 aliphatic rings. The molecule has 3 fully saturated rings. The molecule has 0 aromatic rings. The van der Waals surface area contributed by atoms with Crippen LogP contribution in [0.4, 0.5) is 0 Å². The SMILES string of the molecule is NC(=NC[C@@H]([C@H]1CCOC1)N1CCOCC1)N1CCCCCC1. The van der Waals surface area contributed by atoms with Crippen molar-refractivity contribution in [3.63, 3.8) is 0 Å². The molecule has 0 spiro atoms. The van der Waals surface area contributed by atoms with E-state index in [4.69, 9.17) is 20.2 Å². The van der Waals surface area contributed by atoms with Gasteiger partial charge >= 0.3 is 0 Å². The first-order valence-corrected chi connectivity index (χ1v) is 9.29. The smallest absolute Gasteiger partial charge is 0.191 e. The van der Waals surface area contributed by atoms with Crippen LogP contribution in [0, 0.1) is 5.92 Å². The first-order chi connectivity index (χ1) is 11.3. The highest BCUT2D eigenvalue weighted by atomic mass is 16.5. The fourth-order valence-electron chi connectivity index (χ4n) is 3.91. The van der Waals surface area contributed by atoms with E-state index < -0.39 is 0 Å². The zero-order chi connectivity index (χ0) is 15.9. The number of ether oxygens (including phenoxy) is 2. The molecule has 0 aliphatic carbocycles. The maximum absolute atomic E-state index is 6.30. The number of rotatable bonds is 4. The van der Waals surface area contributed by atoms with E-state index in [2.05, 4.69) is 9.80 Å². The van der Waals surface area contributed by atoms with Crippen LogP contribution in [-0.2, 0) is 9.47 Å².